The van der Waals surface area contributed by atoms with Gasteiger partial charge in [0.2, 0.25) is 0 Å². The first-order valence-corrected chi connectivity index (χ1v) is 11.7. The number of hydrogen-bond donors (Lipinski definition) is 2. The van der Waals surface area contributed by atoms with E-state index in [1.54, 1.807) is 5.57 Å². The Labute approximate surface area is 172 Å². The van der Waals surface area contributed by atoms with E-state index >= 15 is 0 Å². The fourth-order valence-corrected chi connectivity index (χ4v) is 5.83. The Kier molecular flexibility index (Phi) is 7.26. The van der Waals surface area contributed by atoms with Gasteiger partial charge < -0.3 is 10.2 Å². The molecule has 3 fully saturated rings. The van der Waals surface area contributed by atoms with Crippen LogP contribution in [0.5, 0.6) is 0 Å². The molecule has 0 aliphatic heterocycles. The summed E-state index contributed by atoms with van der Waals surface area (Å²) >= 11 is 0. The van der Waals surface area contributed by atoms with Crippen molar-refractivity contribution in [2.24, 2.45) is 23.2 Å². The smallest absolute Gasteiger partial charge is 0.0809 e. The maximum absolute atomic E-state index is 10.1. The third-order valence-electron chi connectivity index (χ3n) is 7.50. The van der Waals surface area contributed by atoms with Gasteiger partial charge in [0, 0.05) is 0 Å². The van der Waals surface area contributed by atoms with E-state index in [0.29, 0.717) is 23.8 Å². The Morgan fingerprint density at radius 1 is 1.00 bits per heavy atom. The van der Waals surface area contributed by atoms with Crippen LogP contribution in [0.3, 0.4) is 0 Å². The van der Waals surface area contributed by atoms with E-state index in [-0.39, 0.29) is 0 Å². The summed E-state index contributed by atoms with van der Waals surface area (Å²) < 4.78 is 0. The summed E-state index contributed by atoms with van der Waals surface area (Å²) in [5.74, 6) is 2.62. The molecule has 0 unspecified atom stereocenters. The highest BCUT2D eigenvalue weighted by Gasteiger charge is 2.39. The lowest BCUT2D eigenvalue weighted by Gasteiger charge is -2.32. The van der Waals surface area contributed by atoms with Gasteiger partial charge in [-0.25, -0.2) is 0 Å². The summed E-state index contributed by atoms with van der Waals surface area (Å²) in [4.78, 5) is 0. The molecule has 2 nitrogen and oxygen atoms in total. The molecule has 158 valence electrons. The molecule has 0 aromatic carbocycles. The van der Waals surface area contributed by atoms with Gasteiger partial charge >= 0.3 is 0 Å². The van der Waals surface area contributed by atoms with Crippen molar-refractivity contribution in [1.29, 1.82) is 0 Å². The van der Waals surface area contributed by atoms with Gasteiger partial charge in [-0.3, -0.25) is 0 Å². The minimum absolute atomic E-state index is 0.471. The first-order chi connectivity index (χ1) is 13.2. The molecule has 0 saturated heterocycles. The van der Waals surface area contributed by atoms with E-state index in [0.717, 1.165) is 17.8 Å². The highest BCUT2D eigenvalue weighted by Crippen LogP contribution is 2.50. The monoisotopic (exact) mass is 386 g/mol. The van der Waals surface area contributed by atoms with Crippen molar-refractivity contribution in [3.63, 3.8) is 0 Å². The molecule has 28 heavy (non-hydrogen) atoms. The lowest BCUT2D eigenvalue weighted by molar-refractivity contribution is 0.123. The van der Waals surface area contributed by atoms with Gasteiger partial charge in [0.05, 0.1) is 12.2 Å². The second-order valence-electron chi connectivity index (χ2n) is 10.9. The van der Waals surface area contributed by atoms with Crippen molar-refractivity contribution in [2.45, 2.75) is 104 Å². The van der Waals surface area contributed by atoms with Gasteiger partial charge in [0.15, 0.2) is 0 Å². The molecule has 0 radical (unpaired) electrons. The lowest BCUT2D eigenvalue weighted by Crippen LogP contribution is -2.27. The molecular weight excluding hydrogens is 344 g/mol. The molecule has 0 heterocycles. The number of rotatable bonds is 5. The fourth-order valence-electron chi connectivity index (χ4n) is 5.83. The van der Waals surface area contributed by atoms with Gasteiger partial charge in [-0.2, -0.15) is 0 Å². The van der Waals surface area contributed by atoms with E-state index in [4.69, 9.17) is 0 Å². The third kappa shape index (κ3) is 5.60. The molecule has 3 rings (SSSR count). The van der Waals surface area contributed by atoms with E-state index in [2.05, 4.69) is 39.5 Å². The van der Waals surface area contributed by atoms with Crippen LogP contribution in [0, 0.1) is 23.2 Å². The summed E-state index contributed by atoms with van der Waals surface area (Å²) in [5.41, 5.74) is 3.85. The van der Waals surface area contributed by atoms with Crippen LogP contribution in [0.2, 0.25) is 0 Å². The topological polar surface area (TPSA) is 40.5 Å². The van der Waals surface area contributed by atoms with Crippen LogP contribution >= 0.6 is 0 Å². The Morgan fingerprint density at radius 2 is 1.71 bits per heavy atom. The Balaban J connectivity index is 1.56. The number of unbranched alkanes of at least 4 members (excludes halogenated alkanes) is 1. The van der Waals surface area contributed by atoms with Gasteiger partial charge in [0.1, 0.15) is 0 Å². The molecule has 0 amide bonds. The van der Waals surface area contributed by atoms with E-state index in [1.165, 1.54) is 63.4 Å². The molecule has 3 saturated carbocycles. The molecule has 2 N–H and O–H groups in total. The minimum Gasteiger partial charge on any atom is -0.388 e. The Hall–Kier alpha value is -0.860. The van der Waals surface area contributed by atoms with Crippen molar-refractivity contribution in [3.8, 4) is 0 Å². The Morgan fingerprint density at radius 3 is 2.39 bits per heavy atom. The zero-order valence-electron chi connectivity index (χ0n) is 18.4. The standard InChI is InChI=1S/C26H42O2/c1-18-24(27)16-19(17-25(18)28)11-12-21-9-7-10-22-20(13-14-23(21)22)8-5-6-15-26(2,3)4/h11-12,20,22-25,27-28H,1,5-10,13-17H2,2-4H3/b21-12+/t20-,22+,23-,24+,25+/m0/s1. The summed E-state index contributed by atoms with van der Waals surface area (Å²) in [6.45, 7) is 10.9. The van der Waals surface area contributed by atoms with E-state index in [9.17, 15) is 10.2 Å². The second-order valence-corrected chi connectivity index (χ2v) is 10.9. The zero-order valence-corrected chi connectivity index (χ0v) is 18.4. The average molecular weight is 387 g/mol. The van der Waals surface area contributed by atoms with Crippen molar-refractivity contribution >= 4 is 0 Å². The largest absolute Gasteiger partial charge is 0.388 e. The molecule has 0 aromatic heterocycles. The molecule has 0 spiro atoms. The molecule has 3 aliphatic carbocycles. The number of hydrogen-bond acceptors (Lipinski definition) is 2. The number of allylic oxidation sites excluding steroid dienone is 3. The van der Waals surface area contributed by atoms with Crippen LogP contribution in [0.4, 0.5) is 0 Å². The predicted octanol–water partition coefficient (Wildman–Crippen LogP) is 6.34. The first-order valence-electron chi connectivity index (χ1n) is 11.7. The van der Waals surface area contributed by atoms with E-state index < -0.39 is 12.2 Å². The highest BCUT2D eigenvalue weighted by molar-refractivity contribution is 5.28. The van der Waals surface area contributed by atoms with Crippen molar-refractivity contribution in [1.82, 2.24) is 0 Å². The average Bonchev–Trinajstić information content (AvgIpc) is 3.04. The fraction of sp³-hybridized carbons (Fsp3) is 0.769. The number of fused-ring (bicyclic) bond motifs is 1. The summed E-state index contributed by atoms with van der Waals surface area (Å²) in [7, 11) is 0. The SMILES string of the molecule is C=C1[C@H](O)CC(=C/C=C2\CCC[C@@H]3[C@@H](CCCCC(C)(C)C)CC[C@@H]23)C[C@H]1O. The third-order valence-corrected chi connectivity index (χ3v) is 7.50. The Bertz CT molecular complexity index is 590. The van der Waals surface area contributed by atoms with Crippen molar-refractivity contribution in [2.75, 3.05) is 0 Å². The summed E-state index contributed by atoms with van der Waals surface area (Å²) in [6.07, 6.45) is 16.9. The number of aliphatic hydroxyl groups excluding tert-OH is 2. The maximum atomic E-state index is 10.1. The minimum atomic E-state index is -0.587. The van der Waals surface area contributed by atoms with E-state index in [1.807, 2.05) is 0 Å². The quantitative estimate of drug-likeness (QED) is 0.427. The van der Waals surface area contributed by atoms with Crippen molar-refractivity contribution in [3.05, 3.63) is 35.5 Å². The molecule has 0 bridgehead atoms. The summed E-state index contributed by atoms with van der Waals surface area (Å²) in [5, 5.41) is 20.1. The van der Waals surface area contributed by atoms with Crippen LogP contribution in [0.1, 0.15) is 91.4 Å². The maximum Gasteiger partial charge on any atom is 0.0809 e. The van der Waals surface area contributed by atoms with Gasteiger partial charge in [-0.05, 0) is 80.1 Å². The zero-order chi connectivity index (χ0) is 20.3. The van der Waals surface area contributed by atoms with Crippen LogP contribution in [0.25, 0.3) is 0 Å². The van der Waals surface area contributed by atoms with Crippen molar-refractivity contribution < 1.29 is 10.2 Å². The van der Waals surface area contributed by atoms with Crippen LogP contribution < -0.4 is 0 Å². The molecule has 2 heteroatoms. The molecule has 5 atom stereocenters. The van der Waals surface area contributed by atoms with Gasteiger partial charge in [-0.15, -0.1) is 0 Å². The van der Waals surface area contributed by atoms with Gasteiger partial charge in [-0.1, -0.05) is 69.9 Å². The van der Waals surface area contributed by atoms with Gasteiger partial charge in [0.25, 0.3) is 0 Å². The van der Waals surface area contributed by atoms with Crippen LogP contribution in [0.15, 0.2) is 35.5 Å². The van der Waals surface area contributed by atoms with Crippen LogP contribution in [-0.2, 0) is 0 Å². The molecular formula is C26H42O2. The lowest BCUT2D eigenvalue weighted by atomic mass is 9.73. The predicted molar refractivity (Wildman–Crippen MR) is 118 cm³/mol. The number of aliphatic hydroxyl groups is 2. The normalized spacial score (nSPS) is 35.3. The van der Waals surface area contributed by atoms with Crippen LogP contribution in [-0.4, -0.2) is 22.4 Å². The first kappa shape index (κ1) is 21.8. The second kappa shape index (κ2) is 9.30. The highest BCUT2D eigenvalue weighted by atomic mass is 16.3. The molecule has 3 aliphatic rings. The summed E-state index contributed by atoms with van der Waals surface area (Å²) in [6, 6.07) is 0. The molecule has 0 aromatic rings.